The molecule has 0 spiro atoms. The molecule has 0 radical (unpaired) electrons. The van der Waals surface area contributed by atoms with Gasteiger partial charge in [0.25, 0.3) is 5.22 Å². The standard InChI is InChI=1S/C7H12N4OS/c1-13-7-10-9-6(12-7)11-4-2-8-3-5-11/h8H,2-5H2,1H3. The summed E-state index contributed by atoms with van der Waals surface area (Å²) in [6.07, 6.45) is 1.93. The lowest BCUT2D eigenvalue weighted by Gasteiger charge is -2.24. The first-order valence-electron chi connectivity index (χ1n) is 4.23. The van der Waals surface area contributed by atoms with Crippen LogP contribution in [0.2, 0.25) is 0 Å². The number of aromatic nitrogens is 2. The lowest BCUT2D eigenvalue weighted by atomic mass is 10.4. The van der Waals surface area contributed by atoms with Crippen molar-refractivity contribution in [2.45, 2.75) is 5.22 Å². The van der Waals surface area contributed by atoms with Crippen molar-refractivity contribution in [1.82, 2.24) is 15.5 Å². The third-order valence-electron chi connectivity index (χ3n) is 1.96. The van der Waals surface area contributed by atoms with Crippen LogP contribution in [-0.4, -0.2) is 42.6 Å². The summed E-state index contributed by atoms with van der Waals surface area (Å²) in [5.41, 5.74) is 0. The molecule has 0 bridgehead atoms. The Morgan fingerprint density at radius 2 is 2.15 bits per heavy atom. The fraction of sp³-hybridized carbons (Fsp3) is 0.714. The molecule has 13 heavy (non-hydrogen) atoms. The minimum Gasteiger partial charge on any atom is -0.398 e. The van der Waals surface area contributed by atoms with Gasteiger partial charge in [0.15, 0.2) is 0 Å². The molecule has 2 heterocycles. The summed E-state index contributed by atoms with van der Waals surface area (Å²) in [6.45, 7) is 3.85. The van der Waals surface area contributed by atoms with E-state index in [9.17, 15) is 0 Å². The minimum atomic E-state index is 0.633. The number of nitrogens with zero attached hydrogens (tertiary/aromatic N) is 3. The summed E-state index contributed by atoms with van der Waals surface area (Å²) in [6, 6.07) is 0.644. The highest BCUT2D eigenvalue weighted by Gasteiger charge is 2.15. The van der Waals surface area contributed by atoms with Crippen LogP contribution in [0.4, 0.5) is 6.01 Å². The third kappa shape index (κ3) is 1.94. The predicted molar refractivity (Wildman–Crippen MR) is 51.2 cm³/mol. The molecule has 1 aliphatic heterocycles. The fourth-order valence-electron chi connectivity index (χ4n) is 1.27. The zero-order valence-electron chi connectivity index (χ0n) is 7.49. The molecule has 1 fully saturated rings. The van der Waals surface area contributed by atoms with Gasteiger partial charge in [-0.3, -0.25) is 0 Å². The molecule has 0 atom stereocenters. The first-order valence-corrected chi connectivity index (χ1v) is 5.46. The topological polar surface area (TPSA) is 54.2 Å². The second kappa shape index (κ2) is 3.97. The van der Waals surface area contributed by atoms with Gasteiger partial charge in [-0.1, -0.05) is 22.0 Å². The van der Waals surface area contributed by atoms with E-state index >= 15 is 0 Å². The first-order chi connectivity index (χ1) is 6.40. The Kier molecular flexibility index (Phi) is 2.70. The Bertz CT molecular complexity index is 271. The van der Waals surface area contributed by atoms with E-state index in [0.717, 1.165) is 26.2 Å². The molecule has 0 aliphatic carbocycles. The van der Waals surface area contributed by atoms with E-state index in [0.29, 0.717) is 11.2 Å². The van der Waals surface area contributed by atoms with Crippen LogP contribution in [0, 0.1) is 0 Å². The van der Waals surface area contributed by atoms with Crippen LogP contribution in [0.5, 0.6) is 0 Å². The third-order valence-corrected chi connectivity index (χ3v) is 2.47. The van der Waals surface area contributed by atoms with Crippen LogP contribution in [-0.2, 0) is 0 Å². The summed E-state index contributed by atoms with van der Waals surface area (Å²) in [7, 11) is 0. The van der Waals surface area contributed by atoms with Crippen molar-refractivity contribution >= 4 is 17.8 Å². The fourth-order valence-corrected chi connectivity index (χ4v) is 1.55. The van der Waals surface area contributed by atoms with Crippen LogP contribution in [0.1, 0.15) is 0 Å². The number of rotatable bonds is 2. The van der Waals surface area contributed by atoms with Crippen LogP contribution in [0.15, 0.2) is 9.64 Å². The summed E-state index contributed by atoms with van der Waals surface area (Å²) in [4.78, 5) is 2.10. The Labute approximate surface area is 80.9 Å². The average Bonchev–Trinajstić information content (AvgIpc) is 2.67. The molecule has 2 rings (SSSR count). The largest absolute Gasteiger partial charge is 0.398 e. The van der Waals surface area contributed by atoms with Crippen LogP contribution in [0.25, 0.3) is 0 Å². The molecule has 1 aliphatic rings. The van der Waals surface area contributed by atoms with Gasteiger partial charge in [0.05, 0.1) is 0 Å². The Hall–Kier alpha value is -0.750. The van der Waals surface area contributed by atoms with Crippen LogP contribution >= 0.6 is 11.8 Å². The summed E-state index contributed by atoms with van der Waals surface area (Å²) < 4.78 is 5.41. The van der Waals surface area contributed by atoms with Gasteiger partial charge in [0.2, 0.25) is 0 Å². The molecule has 5 nitrogen and oxygen atoms in total. The molecule has 1 aromatic heterocycles. The average molecular weight is 200 g/mol. The van der Waals surface area contributed by atoms with E-state index in [4.69, 9.17) is 4.42 Å². The van der Waals surface area contributed by atoms with Crippen molar-refractivity contribution in [2.24, 2.45) is 0 Å². The first kappa shape index (κ1) is 8.83. The van der Waals surface area contributed by atoms with Crippen molar-refractivity contribution in [3.05, 3.63) is 0 Å². The van der Waals surface area contributed by atoms with Gasteiger partial charge in [-0.15, -0.1) is 0 Å². The van der Waals surface area contributed by atoms with E-state index in [1.54, 1.807) is 0 Å². The Morgan fingerprint density at radius 3 is 2.77 bits per heavy atom. The highest BCUT2D eigenvalue weighted by molar-refractivity contribution is 7.98. The maximum absolute atomic E-state index is 5.41. The number of piperazine rings is 1. The zero-order chi connectivity index (χ0) is 9.10. The quantitative estimate of drug-likeness (QED) is 0.688. The second-order valence-corrected chi connectivity index (χ2v) is 3.55. The van der Waals surface area contributed by atoms with Gasteiger partial charge in [0.1, 0.15) is 0 Å². The van der Waals surface area contributed by atoms with Crippen LogP contribution < -0.4 is 10.2 Å². The van der Waals surface area contributed by atoms with Crippen LogP contribution in [0.3, 0.4) is 0 Å². The van der Waals surface area contributed by atoms with E-state index in [1.807, 2.05) is 6.26 Å². The van der Waals surface area contributed by atoms with E-state index < -0.39 is 0 Å². The predicted octanol–water partition coefficient (Wildman–Crippen LogP) is 0.201. The summed E-state index contributed by atoms with van der Waals surface area (Å²) in [5.74, 6) is 0. The molecular weight excluding hydrogens is 188 g/mol. The molecule has 0 unspecified atom stereocenters. The van der Waals surface area contributed by atoms with E-state index in [2.05, 4.69) is 20.4 Å². The molecule has 6 heteroatoms. The normalized spacial score (nSPS) is 17.8. The lowest BCUT2D eigenvalue weighted by Crippen LogP contribution is -2.43. The monoisotopic (exact) mass is 200 g/mol. The maximum Gasteiger partial charge on any atom is 0.318 e. The van der Waals surface area contributed by atoms with Crippen molar-refractivity contribution < 1.29 is 4.42 Å². The zero-order valence-corrected chi connectivity index (χ0v) is 8.30. The SMILES string of the molecule is CSc1nnc(N2CCNCC2)o1. The second-order valence-electron chi connectivity index (χ2n) is 2.79. The van der Waals surface area contributed by atoms with Crippen molar-refractivity contribution in [3.63, 3.8) is 0 Å². The van der Waals surface area contributed by atoms with Crippen molar-refractivity contribution in [1.29, 1.82) is 0 Å². The minimum absolute atomic E-state index is 0.633. The van der Waals surface area contributed by atoms with Crippen molar-refractivity contribution in [2.75, 3.05) is 37.3 Å². The van der Waals surface area contributed by atoms with Gasteiger partial charge < -0.3 is 14.6 Å². The molecule has 0 aromatic carbocycles. The molecule has 1 aromatic rings. The molecular formula is C7H12N4OS. The van der Waals surface area contributed by atoms with Gasteiger partial charge in [-0.05, 0) is 6.26 Å². The number of nitrogens with one attached hydrogen (secondary N) is 1. The molecule has 0 amide bonds. The number of hydrogen-bond acceptors (Lipinski definition) is 6. The smallest absolute Gasteiger partial charge is 0.318 e. The van der Waals surface area contributed by atoms with Gasteiger partial charge in [0, 0.05) is 26.2 Å². The van der Waals surface area contributed by atoms with E-state index in [1.165, 1.54) is 11.8 Å². The number of anilines is 1. The van der Waals surface area contributed by atoms with Crippen molar-refractivity contribution in [3.8, 4) is 0 Å². The summed E-state index contributed by atoms with van der Waals surface area (Å²) >= 11 is 1.47. The maximum atomic E-state index is 5.41. The Morgan fingerprint density at radius 1 is 1.38 bits per heavy atom. The highest BCUT2D eigenvalue weighted by Crippen LogP contribution is 2.18. The Balaban J connectivity index is 2.05. The molecule has 72 valence electrons. The lowest BCUT2D eigenvalue weighted by molar-refractivity contribution is 0.435. The number of thioether (sulfide) groups is 1. The molecule has 1 N–H and O–H groups in total. The van der Waals surface area contributed by atoms with Gasteiger partial charge in [-0.25, -0.2) is 0 Å². The van der Waals surface area contributed by atoms with Gasteiger partial charge >= 0.3 is 6.01 Å². The number of hydrogen-bond donors (Lipinski definition) is 1. The van der Waals surface area contributed by atoms with E-state index in [-0.39, 0.29) is 0 Å². The van der Waals surface area contributed by atoms with Gasteiger partial charge in [-0.2, -0.15) is 0 Å². The molecule has 1 saturated heterocycles. The summed E-state index contributed by atoms with van der Waals surface area (Å²) in [5, 5.41) is 11.8. The highest BCUT2D eigenvalue weighted by atomic mass is 32.2. The molecule has 0 saturated carbocycles.